The number of hydrogen-bond acceptors (Lipinski definition) is 5. The van der Waals surface area contributed by atoms with Gasteiger partial charge in [-0.2, -0.15) is 5.26 Å². The molecular weight excluding hydrogens is 370 g/mol. The number of fused-ring (bicyclic) bond motifs is 2. The number of hydrogen-bond donors (Lipinski definition) is 2. The summed E-state index contributed by atoms with van der Waals surface area (Å²) in [7, 11) is 0. The lowest BCUT2D eigenvalue weighted by Crippen LogP contribution is -2.43. The Hall–Kier alpha value is -3.37. The summed E-state index contributed by atoms with van der Waals surface area (Å²) >= 11 is 0. The molecule has 1 saturated heterocycles. The molecule has 3 amide bonds. The summed E-state index contributed by atoms with van der Waals surface area (Å²) in [5, 5.41) is 21.9. The van der Waals surface area contributed by atoms with Gasteiger partial charge in [0.2, 0.25) is 0 Å². The Morgan fingerprint density at radius 1 is 1.21 bits per heavy atom. The summed E-state index contributed by atoms with van der Waals surface area (Å²) in [6, 6.07) is 16.2. The van der Waals surface area contributed by atoms with Crippen molar-refractivity contribution in [3.8, 4) is 11.8 Å². The average Bonchev–Trinajstić information content (AvgIpc) is 3.21. The number of aliphatic hydroxyl groups is 1. The zero-order valence-electron chi connectivity index (χ0n) is 15.8. The molecule has 1 spiro atoms. The molecule has 0 aromatic heterocycles. The molecule has 2 aromatic rings. The lowest BCUT2D eigenvalue weighted by Gasteiger charge is -2.23. The van der Waals surface area contributed by atoms with E-state index in [1.807, 2.05) is 24.3 Å². The predicted molar refractivity (Wildman–Crippen MR) is 104 cm³/mol. The smallest absolute Gasteiger partial charge is 0.325 e. The van der Waals surface area contributed by atoms with Crippen molar-refractivity contribution >= 4 is 11.9 Å². The van der Waals surface area contributed by atoms with E-state index in [-0.39, 0.29) is 19.1 Å². The fourth-order valence-corrected chi connectivity index (χ4v) is 4.01. The molecule has 2 aliphatic rings. The van der Waals surface area contributed by atoms with Crippen molar-refractivity contribution in [2.24, 2.45) is 0 Å². The van der Waals surface area contributed by atoms with Crippen LogP contribution >= 0.6 is 0 Å². The van der Waals surface area contributed by atoms with Crippen LogP contribution in [0.5, 0.6) is 5.75 Å². The third kappa shape index (κ3) is 3.43. The second-order valence-electron chi connectivity index (χ2n) is 7.35. The van der Waals surface area contributed by atoms with Crippen molar-refractivity contribution in [1.29, 1.82) is 5.26 Å². The van der Waals surface area contributed by atoms with Crippen LogP contribution in [-0.4, -0.2) is 41.2 Å². The third-order valence-electron chi connectivity index (χ3n) is 5.46. The standard InChI is InChI=1S/C22H21N3O4/c23-12-10-15-5-7-18(8-6-15)29-14-17(26)13-25-20(27)22(24-21(25)28)11-9-16-3-1-2-4-19(16)22/h1-8,17,26H,9-11,13-14H2,(H,24,28)/t17-,22-/m0/s1. The lowest BCUT2D eigenvalue weighted by atomic mass is 9.92. The van der Waals surface area contributed by atoms with E-state index in [0.717, 1.165) is 28.0 Å². The first kappa shape index (κ1) is 19.0. The van der Waals surface area contributed by atoms with Gasteiger partial charge in [-0.1, -0.05) is 36.4 Å². The van der Waals surface area contributed by atoms with E-state index in [0.29, 0.717) is 18.6 Å². The SMILES string of the molecule is N#CCc1ccc(OC[C@@H](O)CN2C(=O)N[C@]3(CCc4ccccc43)C2=O)cc1. The number of aliphatic hydroxyl groups excluding tert-OH is 1. The molecule has 4 rings (SSSR count). The van der Waals surface area contributed by atoms with Gasteiger partial charge in [0.1, 0.15) is 24.0 Å². The Kier molecular flexibility index (Phi) is 4.95. The van der Waals surface area contributed by atoms with Crippen molar-refractivity contribution in [2.45, 2.75) is 30.9 Å². The van der Waals surface area contributed by atoms with Gasteiger partial charge in [0.05, 0.1) is 19.0 Å². The normalized spacial score (nSPS) is 21.0. The quantitative estimate of drug-likeness (QED) is 0.732. The molecule has 1 fully saturated rings. The first-order valence-corrected chi connectivity index (χ1v) is 9.53. The molecule has 0 radical (unpaired) electrons. The van der Waals surface area contributed by atoms with Gasteiger partial charge in [0.15, 0.2) is 0 Å². The molecule has 2 aromatic carbocycles. The van der Waals surface area contributed by atoms with Gasteiger partial charge in [-0.05, 0) is 41.7 Å². The van der Waals surface area contributed by atoms with Crippen molar-refractivity contribution in [1.82, 2.24) is 10.2 Å². The first-order chi connectivity index (χ1) is 14.0. The second-order valence-corrected chi connectivity index (χ2v) is 7.35. The molecule has 7 heteroatoms. The van der Waals surface area contributed by atoms with Crippen LogP contribution in [0, 0.1) is 11.3 Å². The van der Waals surface area contributed by atoms with E-state index in [4.69, 9.17) is 10.00 Å². The number of nitriles is 1. The van der Waals surface area contributed by atoms with Crippen LogP contribution in [0.1, 0.15) is 23.1 Å². The van der Waals surface area contributed by atoms with Crippen LogP contribution in [0.3, 0.4) is 0 Å². The zero-order valence-corrected chi connectivity index (χ0v) is 15.8. The number of carbonyl (C=O) groups excluding carboxylic acids is 2. The van der Waals surface area contributed by atoms with Crippen LogP contribution < -0.4 is 10.1 Å². The summed E-state index contributed by atoms with van der Waals surface area (Å²) < 4.78 is 5.55. The van der Waals surface area contributed by atoms with E-state index in [9.17, 15) is 14.7 Å². The second kappa shape index (κ2) is 7.57. The van der Waals surface area contributed by atoms with Gasteiger partial charge in [0, 0.05) is 0 Å². The topological polar surface area (TPSA) is 103 Å². The fraction of sp³-hybridized carbons (Fsp3) is 0.318. The minimum Gasteiger partial charge on any atom is -0.491 e. The molecule has 0 saturated carbocycles. The molecule has 0 unspecified atom stereocenters. The molecule has 2 N–H and O–H groups in total. The van der Waals surface area contributed by atoms with Crippen LogP contribution in [0.15, 0.2) is 48.5 Å². The number of amides is 3. The molecule has 29 heavy (non-hydrogen) atoms. The van der Waals surface area contributed by atoms with Crippen LogP contribution in [0.2, 0.25) is 0 Å². The lowest BCUT2D eigenvalue weighted by molar-refractivity contribution is -0.132. The van der Waals surface area contributed by atoms with E-state index in [2.05, 4.69) is 11.4 Å². The van der Waals surface area contributed by atoms with Crippen molar-refractivity contribution < 1.29 is 19.4 Å². The van der Waals surface area contributed by atoms with Crippen LogP contribution in [0.25, 0.3) is 0 Å². The molecule has 0 bridgehead atoms. The van der Waals surface area contributed by atoms with Crippen LogP contribution in [0.4, 0.5) is 4.79 Å². The van der Waals surface area contributed by atoms with Crippen molar-refractivity contribution in [2.75, 3.05) is 13.2 Å². The Labute approximate surface area is 168 Å². The Bertz CT molecular complexity index is 982. The number of urea groups is 1. The summed E-state index contributed by atoms with van der Waals surface area (Å²) in [5.41, 5.74) is 1.75. The molecule has 1 aliphatic heterocycles. The molecule has 1 heterocycles. The largest absolute Gasteiger partial charge is 0.491 e. The molecule has 7 nitrogen and oxygen atoms in total. The van der Waals surface area contributed by atoms with Gasteiger partial charge < -0.3 is 15.2 Å². The average molecular weight is 391 g/mol. The number of imide groups is 1. The monoisotopic (exact) mass is 391 g/mol. The summed E-state index contributed by atoms with van der Waals surface area (Å²) in [6.45, 7) is -0.195. The highest BCUT2D eigenvalue weighted by Crippen LogP contribution is 2.41. The number of benzene rings is 2. The molecule has 2 atom stereocenters. The van der Waals surface area contributed by atoms with E-state index in [1.165, 1.54) is 0 Å². The van der Waals surface area contributed by atoms with Crippen molar-refractivity contribution in [3.05, 3.63) is 65.2 Å². The van der Waals surface area contributed by atoms with Gasteiger partial charge in [-0.3, -0.25) is 9.69 Å². The van der Waals surface area contributed by atoms with Gasteiger partial charge in [0.25, 0.3) is 5.91 Å². The summed E-state index contributed by atoms with van der Waals surface area (Å²) in [5.74, 6) is 0.219. The van der Waals surface area contributed by atoms with E-state index < -0.39 is 17.7 Å². The van der Waals surface area contributed by atoms with Crippen LogP contribution in [-0.2, 0) is 23.2 Å². The number of nitrogens with zero attached hydrogens (tertiary/aromatic N) is 2. The number of ether oxygens (including phenoxy) is 1. The van der Waals surface area contributed by atoms with Gasteiger partial charge in [-0.15, -0.1) is 0 Å². The van der Waals surface area contributed by atoms with Gasteiger partial charge in [-0.25, -0.2) is 4.79 Å². The maximum atomic E-state index is 13.1. The number of carbonyl (C=O) groups is 2. The maximum absolute atomic E-state index is 13.1. The fourth-order valence-electron chi connectivity index (χ4n) is 4.01. The minimum atomic E-state index is -1.02. The molecule has 148 valence electrons. The highest BCUT2D eigenvalue weighted by atomic mass is 16.5. The highest BCUT2D eigenvalue weighted by Gasteiger charge is 2.55. The maximum Gasteiger partial charge on any atom is 0.325 e. The molecule has 1 aliphatic carbocycles. The number of aryl methyl sites for hydroxylation is 1. The predicted octanol–water partition coefficient (Wildman–Crippen LogP) is 1.89. The van der Waals surface area contributed by atoms with Gasteiger partial charge >= 0.3 is 6.03 Å². The van der Waals surface area contributed by atoms with E-state index >= 15 is 0 Å². The Morgan fingerprint density at radius 2 is 1.97 bits per heavy atom. The third-order valence-corrected chi connectivity index (χ3v) is 5.46. The summed E-state index contributed by atoms with van der Waals surface area (Å²) in [6.07, 6.45) is 0.550. The number of β-amino-alcohol motifs (C(OH)–C–C–N with tert-alkyl or cyclic N) is 1. The Morgan fingerprint density at radius 3 is 2.72 bits per heavy atom. The van der Waals surface area contributed by atoms with E-state index in [1.54, 1.807) is 24.3 Å². The number of rotatable bonds is 6. The van der Waals surface area contributed by atoms with Crippen molar-refractivity contribution in [3.63, 3.8) is 0 Å². The highest BCUT2D eigenvalue weighted by molar-refractivity contribution is 6.08. The zero-order chi connectivity index (χ0) is 20.4. The Balaban J connectivity index is 1.39. The summed E-state index contributed by atoms with van der Waals surface area (Å²) in [4.78, 5) is 26.6. The minimum absolute atomic E-state index is 0.0573. The first-order valence-electron chi connectivity index (χ1n) is 9.53. The molecular formula is C22H21N3O4. The number of nitrogens with one attached hydrogen (secondary N) is 1.